The summed E-state index contributed by atoms with van der Waals surface area (Å²) < 4.78 is 16.7. The Kier molecular flexibility index (Phi) is 43.0. The van der Waals surface area contributed by atoms with Gasteiger partial charge >= 0.3 is 17.9 Å². The second-order valence-corrected chi connectivity index (χ2v) is 15.3. The van der Waals surface area contributed by atoms with Crippen LogP contribution in [0.2, 0.25) is 0 Å². The van der Waals surface area contributed by atoms with Gasteiger partial charge in [0, 0.05) is 19.3 Å². The van der Waals surface area contributed by atoms with Gasteiger partial charge in [0.2, 0.25) is 0 Å². The number of unbranched alkanes of at least 4 members (excludes halogenated alkanes) is 20. The molecule has 0 aromatic carbocycles. The normalized spacial score (nSPS) is 12.7. The van der Waals surface area contributed by atoms with Gasteiger partial charge in [0.05, 0.1) is 0 Å². The van der Waals surface area contributed by atoms with Gasteiger partial charge in [-0.05, 0) is 89.9 Å². The Labute approximate surface area is 351 Å². The molecule has 0 saturated heterocycles. The molecule has 6 heteroatoms. The van der Waals surface area contributed by atoms with Crippen LogP contribution in [0.5, 0.6) is 0 Å². The summed E-state index contributed by atoms with van der Waals surface area (Å²) in [6, 6.07) is 0. The van der Waals surface area contributed by atoms with Crippen LogP contribution in [0, 0.1) is 0 Å². The van der Waals surface area contributed by atoms with Gasteiger partial charge in [0.15, 0.2) is 6.10 Å². The summed E-state index contributed by atoms with van der Waals surface area (Å²) in [5.74, 6) is -0.977. The van der Waals surface area contributed by atoms with E-state index in [2.05, 4.69) is 93.7 Å². The van der Waals surface area contributed by atoms with Gasteiger partial charge in [0.25, 0.3) is 0 Å². The molecule has 0 amide bonds. The van der Waals surface area contributed by atoms with Crippen LogP contribution in [0.3, 0.4) is 0 Å². The number of ether oxygens (including phenoxy) is 3. The maximum atomic E-state index is 12.7. The number of allylic oxidation sites excluding steroid dienone is 12. The van der Waals surface area contributed by atoms with Gasteiger partial charge in [-0.15, -0.1) is 0 Å². The largest absolute Gasteiger partial charge is 0.462 e. The molecule has 0 aliphatic heterocycles. The minimum Gasteiger partial charge on any atom is -0.462 e. The number of hydrogen-bond acceptors (Lipinski definition) is 6. The summed E-state index contributed by atoms with van der Waals surface area (Å²) in [5, 5.41) is 0. The van der Waals surface area contributed by atoms with Gasteiger partial charge in [-0.2, -0.15) is 0 Å². The lowest BCUT2D eigenvalue weighted by Crippen LogP contribution is -2.30. The fraction of sp³-hybridized carbons (Fsp3) is 0.706. The van der Waals surface area contributed by atoms with Crippen molar-refractivity contribution in [1.82, 2.24) is 0 Å². The third-order valence-electron chi connectivity index (χ3n) is 9.72. The average Bonchev–Trinajstić information content (AvgIpc) is 3.21. The summed E-state index contributed by atoms with van der Waals surface area (Å²) >= 11 is 0. The molecule has 0 aliphatic rings. The van der Waals surface area contributed by atoms with E-state index in [1.54, 1.807) is 0 Å². The Bertz CT molecular complexity index is 1100. The Morgan fingerprint density at radius 2 is 0.754 bits per heavy atom. The molecule has 0 aliphatic carbocycles. The first-order valence-electron chi connectivity index (χ1n) is 23.5. The summed E-state index contributed by atoms with van der Waals surface area (Å²) in [6.07, 6.45) is 56.0. The highest BCUT2D eigenvalue weighted by molar-refractivity contribution is 5.71. The van der Waals surface area contributed by atoms with Crippen LogP contribution in [-0.2, 0) is 28.6 Å². The van der Waals surface area contributed by atoms with E-state index in [9.17, 15) is 14.4 Å². The maximum Gasteiger partial charge on any atom is 0.306 e. The van der Waals surface area contributed by atoms with Gasteiger partial charge < -0.3 is 14.2 Å². The van der Waals surface area contributed by atoms with Crippen molar-refractivity contribution in [1.29, 1.82) is 0 Å². The van der Waals surface area contributed by atoms with Crippen molar-refractivity contribution in [3.05, 3.63) is 72.9 Å². The van der Waals surface area contributed by atoms with Crippen LogP contribution in [0.25, 0.3) is 0 Å². The fourth-order valence-electron chi connectivity index (χ4n) is 6.15. The fourth-order valence-corrected chi connectivity index (χ4v) is 6.15. The van der Waals surface area contributed by atoms with Crippen LogP contribution >= 0.6 is 0 Å². The first kappa shape index (κ1) is 53.9. The van der Waals surface area contributed by atoms with Crippen LogP contribution in [0.15, 0.2) is 72.9 Å². The highest BCUT2D eigenvalue weighted by Gasteiger charge is 2.19. The molecule has 57 heavy (non-hydrogen) atoms. The molecule has 0 N–H and O–H groups in total. The van der Waals surface area contributed by atoms with Crippen molar-refractivity contribution in [3.8, 4) is 0 Å². The molecule has 0 heterocycles. The molecule has 326 valence electrons. The third kappa shape index (κ3) is 43.8. The first-order chi connectivity index (χ1) is 28.0. The smallest absolute Gasteiger partial charge is 0.306 e. The molecule has 0 fully saturated rings. The molecule has 0 aromatic heterocycles. The lowest BCUT2D eigenvalue weighted by atomic mass is 10.1. The van der Waals surface area contributed by atoms with Crippen molar-refractivity contribution in [2.75, 3.05) is 13.2 Å². The summed E-state index contributed by atoms with van der Waals surface area (Å²) in [7, 11) is 0. The Morgan fingerprint density at radius 3 is 1.23 bits per heavy atom. The van der Waals surface area contributed by atoms with E-state index in [4.69, 9.17) is 14.2 Å². The first-order valence-corrected chi connectivity index (χ1v) is 23.5. The summed E-state index contributed by atoms with van der Waals surface area (Å²) in [4.78, 5) is 37.7. The number of esters is 3. The van der Waals surface area contributed by atoms with Crippen LogP contribution in [0.1, 0.15) is 213 Å². The molecule has 0 rings (SSSR count). The SMILES string of the molecule is CC/C=C\C/C=C\CCCCCCCC(=O)OC(COC(=O)CCCCC/C=C\C=C/CCCC)COC(=O)CCCCC/C=C\C=C/CCCCCCCCC. The van der Waals surface area contributed by atoms with Crippen molar-refractivity contribution in [2.24, 2.45) is 0 Å². The van der Waals surface area contributed by atoms with Gasteiger partial charge in [-0.1, -0.05) is 177 Å². The Morgan fingerprint density at radius 1 is 0.386 bits per heavy atom. The minimum atomic E-state index is -0.802. The third-order valence-corrected chi connectivity index (χ3v) is 9.72. The van der Waals surface area contributed by atoms with Crippen molar-refractivity contribution in [3.63, 3.8) is 0 Å². The number of rotatable bonds is 41. The second kappa shape index (κ2) is 45.6. The lowest BCUT2D eigenvalue weighted by Gasteiger charge is -2.18. The lowest BCUT2D eigenvalue weighted by molar-refractivity contribution is -0.167. The Balaban J connectivity index is 4.46. The van der Waals surface area contributed by atoms with Crippen molar-refractivity contribution < 1.29 is 28.6 Å². The molecule has 0 saturated carbocycles. The van der Waals surface area contributed by atoms with Gasteiger partial charge in [-0.3, -0.25) is 14.4 Å². The zero-order valence-corrected chi connectivity index (χ0v) is 37.1. The number of hydrogen-bond donors (Lipinski definition) is 0. The molecule has 0 bridgehead atoms. The molecule has 1 unspecified atom stereocenters. The molecular weight excluding hydrogens is 709 g/mol. The molecule has 0 aromatic rings. The predicted octanol–water partition coefficient (Wildman–Crippen LogP) is 15.1. The molecular formula is C51H86O6. The molecule has 0 spiro atoms. The molecule has 0 radical (unpaired) electrons. The van der Waals surface area contributed by atoms with E-state index >= 15 is 0 Å². The Hall–Kier alpha value is -3.15. The topological polar surface area (TPSA) is 78.9 Å². The highest BCUT2D eigenvalue weighted by Crippen LogP contribution is 2.12. The van der Waals surface area contributed by atoms with Crippen LogP contribution in [-0.4, -0.2) is 37.2 Å². The van der Waals surface area contributed by atoms with E-state index in [1.807, 2.05) is 0 Å². The van der Waals surface area contributed by atoms with Gasteiger partial charge in [0.1, 0.15) is 13.2 Å². The van der Waals surface area contributed by atoms with Crippen molar-refractivity contribution in [2.45, 2.75) is 219 Å². The monoisotopic (exact) mass is 795 g/mol. The minimum absolute atomic E-state index is 0.104. The second-order valence-electron chi connectivity index (χ2n) is 15.3. The summed E-state index contributed by atoms with van der Waals surface area (Å²) in [5.41, 5.74) is 0. The molecule has 6 nitrogen and oxygen atoms in total. The van der Waals surface area contributed by atoms with E-state index in [0.717, 1.165) is 116 Å². The van der Waals surface area contributed by atoms with Crippen LogP contribution < -0.4 is 0 Å². The standard InChI is InChI=1S/C51H86O6/c1-4-7-10-13-16-19-22-24-25-26-27-30-32-35-38-41-44-50(53)56-47-48(46-55-49(52)43-40-37-34-31-28-21-18-15-12-9-6-3)57-51(54)45-42-39-36-33-29-23-20-17-14-11-8-5-2/h8,11,15,17-18,20-21,25-28,30,48H,4-7,9-10,12-14,16,19,22-24,29,31-47H2,1-3H3/b11-8-,18-15-,20-17-,26-25-,28-21-,30-27-. The van der Waals surface area contributed by atoms with Gasteiger partial charge in [-0.25, -0.2) is 0 Å². The summed E-state index contributed by atoms with van der Waals surface area (Å²) in [6.45, 7) is 6.39. The van der Waals surface area contributed by atoms with Crippen molar-refractivity contribution >= 4 is 17.9 Å². The zero-order valence-electron chi connectivity index (χ0n) is 37.1. The highest BCUT2D eigenvalue weighted by atomic mass is 16.6. The van der Waals surface area contributed by atoms with E-state index in [-0.39, 0.29) is 31.1 Å². The number of carbonyl (C=O) groups is 3. The van der Waals surface area contributed by atoms with E-state index in [1.165, 1.54) is 57.8 Å². The predicted molar refractivity (Wildman–Crippen MR) is 242 cm³/mol. The quantitative estimate of drug-likeness (QED) is 0.0202. The molecule has 1 atom stereocenters. The zero-order chi connectivity index (χ0) is 41.5. The number of carbonyl (C=O) groups excluding carboxylic acids is 3. The van der Waals surface area contributed by atoms with Crippen LogP contribution in [0.4, 0.5) is 0 Å². The van der Waals surface area contributed by atoms with E-state index < -0.39 is 6.10 Å². The average molecular weight is 795 g/mol. The maximum absolute atomic E-state index is 12.7. The van der Waals surface area contributed by atoms with E-state index in [0.29, 0.717) is 19.3 Å².